The minimum atomic E-state index is -9.59. The number of nitrogens with one attached hydrogen (secondary N) is 1. The molecule has 0 atom stereocenters. The van der Waals surface area contributed by atoms with Crippen molar-refractivity contribution in [3.63, 3.8) is 0 Å². The van der Waals surface area contributed by atoms with Crippen molar-refractivity contribution in [2.75, 3.05) is 5.32 Å². The van der Waals surface area contributed by atoms with Gasteiger partial charge in [0.25, 0.3) is 0 Å². The second kappa shape index (κ2) is 3.91. The molecule has 1 heterocycles. The van der Waals surface area contributed by atoms with Crippen LogP contribution >= 0.6 is 10.2 Å². The van der Waals surface area contributed by atoms with E-state index in [0.29, 0.717) is 23.6 Å². The average molecular weight is 313 g/mol. The Morgan fingerprint density at radius 3 is 2.05 bits per heavy atom. The van der Waals surface area contributed by atoms with E-state index in [-0.39, 0.29) is 6.54 Å². The number of anilines is 1. The molecule has 112 valence electrons. The Bertz CT molecular complexity index is 617. The Morgan fingerprint density at radius 2 is 1.60 bits per heavy atom. The standard InChI is InChI=1S/C12H12F5NOS/c1-9-6-7-19-12(9)8-18-10-2-4-11(5-3-10)20(13,14,15,16)17/h2-7,18H,8H2,1H3. The van der Waals surface area contributed by atoms with Crippen LogP contribution in [-0.4, -0.2) is 0 Å². The third kappa shape index (κ3) is 3.44. The summed E-state index contributed by atoms with van der Waals surface area (Å²) < 4.78 is 67.7. The summed E-state index contributed by atoms with van der Waals surface area (Å²) in [7, 11) is -9.59. The molecule has 0 aliphatic heterocycles. The fraction of sp³-hybridized carbons (Fsp3) is 0.167. The van der Waals surface area contributed by atoms with Crippen LogP contribution in [0.25, 0.3) is 0 Å². The van der Waals surface area contributed by atoms with E-state index < -0.39 is 15.1 Å². The zero-order chi connectivity index (χ0) is 15.1. The van der Waals surface area contributed by atoms with Gasteiger partial charge in [0.15, 0.2) is 0 Å². The second-order valence-electron chi connectivity index (χ2n) is 4.37. The van der Waals surface area contributed by atoms with Gasteiger partial charge in [-0.05, 0) is 42.8 Å². The van der Waals surface area contributed by atoms with Crippen molar-refractivity contribution < 1.29 is 23.8 Å². The smallest absolute Gasteiger partial charge is 0.310 e. The first-order valence-corrected chi connectivity index (χ1v) is 7.52. The predicted molar refractivity (Wildman–Crippen MR) is 68.6 cm³/mol. The van der Waals surface area contributed by atoms with Crippen molar-refractivity contribution >= 4 is 15.9 Å². The number of rotatable bonds is 4. The molecule has 20 heavy (non-hydrogen) atoms. The highest BCUT2D eigenvalue weighted by Gasteiger charge is 2.65. The van der Waals surface area contributed by atoms with Crippen molar-refractivity contribution in [3.8, 4) is 0 Å². The highest BCUT2D eigenvalue weighted by atomic mass is 32.5. The Morgan fingerprint density at radius 1 is 1.00 bits per heavy atom. The van der Waals surface area contributed by atoms with Crippen molar-refractivity contribution in [1.82, 2.24) is 0 Å². The minimum Gasteiger partial charge on any atom is -0.467 e. The number of benzene rings is 1. The largest absolute Gasteiger partial charge is 0.467 e. The maximum absolute atomic E-state index is 12.5. The Kier molecular flexibility index (Phi) is 2.87. The minimum absolute atomic E-state index is 0.259. The van der Waals surface area contributed by atoms with Crippen LogP contribution in [0.1, 0.15) is 11.3 Å². The molecule has 1 N–H and O–H groups in total. The first kappa shape index (κ1) is 14.7. The Hall–Kier alpha value is -1.70. The van der Waals surface area contributed by atoms with Crippen LogP contribution in [0, 0.1) is 6.92 Å². The number of hydrogen-bond donors (Lipinski definition) is 1. The van der Waals surface area contributed by atoms with Crippen molar-refractivity contribution in [2.45, 2.75) is 18.4 Å². The normalized spacial score (nSPS) is 15.5. The van der Waals surface area contributed by atoms with E-state index in [4.69, 9.17) is 4.42 Å². The quantitative estimate of drug-likeness (QED) is 0.715. The summed E-state index contributed by atoms with van der Waals surface area (Å²) in [5.41, 5.74) is 1.19. The fourth-order valence-electron chi connectivity index (χ4n) is 1.60. The van der Waals surface area contributed by atoms with Gasteiger partial charge in [0.2, 0.25) is 0 Å². The maximum Gasteiger partial charge on any atom is 0.310 e. The molecule has 0 aliphatic carbocycles. The molecule has 0 aliphatic rings. The molecule has 0 amide bonds. The van der Waals surface area contributed by atoms with Crippen LogP contribution in [0.2, 0.25) is 0 Å². The summed E-state index contributed by atoms with van der Waals surface area (Å²) >= 11 is 0. The van der Waals surface area contributed by atoms with Crippen LogP contribution < -0.4 is 5.32 Å². The molecule has 8 heteroatoms. The summed E-state index contributed by atoms with van der Waals surface area (Å²) in [6.07, 6.45) is 1.49. The predicted octanol–water partition coefficient (Wildman–Crippen LogP) is 5.86. The van der Waals surface area contributed by atoms with Crippen LogP contribution in [-0.2, 0) is 6.54 Å². The van der Waals surface area contributed by atoms with Crippen LogP contribution in [0.15, 0.2) is 45.9 Å². The third-order valence-corrected chi connectivity index (χ3v) is 3.88. The van der Waals surface area contributed by atoms with Crippen molar-refractivity contribution in [2.24, 2.45) is 0 Å². The van der Waals surface area contributed by atoms with Gasteiger partial charge in [0.1, 0.15) is 10.7 Å². The van der Waals surface area contributed by atoms with Gasteiger partial charge in [0, 0.05) is 5.69 Å². The van der Waals surface area contributed by atoms with E-state index in [2.05, 4.69) is 5.32 Å². The first-order valence-electron chi connectivity index (χ1n) is 5.57. The topological polar surface area (TPSA) is 25.2 Å². The lowest BCUT2D eigenvalue weighted by molar-refractivity contribution is 0.364. The van der Waals surface area contributed by atoms with E-state index in [1.54, 1.807) is 6.07 Å². The molecule has 2 rings (SSSR count). The molecular formula is C12H12F5NOS. The molecule has 0 saturated heterocycles. The van der Waals surface area contributed by atoms with Gasteiger partial charge < -0.3 is 9.73 Å². The van der Waals surface area contributed by atoms with Gasteiger partial charge in [-0.15, -0.1) is 0 Å². The summed E-state index contributed by atoms with van der Waals surface area (Å²) in [6.45, 7) is 2.08. The summed E-state index contributed by atoms with van der Waals surface area (Å²) in [5.74, 6) is 0.627. The maximum atomic E-state index is 12.5. The molecule has 0 bridgehead atoms. The molecule has 0 saturated carbocycles. The lowest BCUT2D eigenvalue weighted by Crippen LogP contribution is -2.06. The Balaban J connectivity index is 2.12. The van der Waals surface area contributed by atoms with Crippen LogP contribution in [0.4, 0.5) is 25.1 Å². The van der Waals surface area contributed by atoms with E-state index in [9.17, 15) is 19.4 Å². The highest BCUT2D eigenvalue weighted by molar-refractivity contribution is 8.45. The van der Waals surface area contributed by atoms with Crippen molar-refractivity contribution in [3.05, 3.63) is 47.9 Å². The summed E-state index contributed by atoms with van der Waals surface area (Å²) in [6, 6.07) is 4.42. The summed E-state index contributed by atoms with van der Waals surface area (Å²) in [4.78, 5) is -1.90. The molecule has 0 spiro atoms. The van der Waals surface area contributed by atoms with Gasteiger partial charge in [-0.1, -0.05) is 19.4 Å². The Labute approximate surface area is 112 Å². The fourth-order valence-corrected chi connectivity index (χ4v) is 2.25. The molecule has 2 aromatic rings. The van der Waals surface area contributed by atoms with Gasteiger partial charge in [-0.25, -0.2) is 0 Å². The van der Waals surface area contributed by atoms with Gasteiger partial charge in [0.05, 0.1) is 12.8 Å². The monoisotopic (exact) mass is 313 g/mol. The van der Waals surface area contributed by atoms with E-state index >= 15 is 0 Å². The SMILES string of the molecule is Cc1ccoc1CNc1ccc(S(F)(F)(F)(F)F)cc1. The molecule has 0 unspecified atom stereocenters. The van der Waals surface area contributed by atoms with E-state index in [1.165, 1.54) is 6.26 Å². The molecular weight excluding hydrogens is 301 g/mol. The zero-order valence-corrected chi connectivity index (χ0v) is 11.2. The van der Waals surface area contributed by atoms with E-state index in [0.717, 1.165) is 17.7 Å². The molecule has 2 nitrogen and oxygen atoms in total. The number of aryl methyl sites for hydroxylation is 1. The average Bonchev–Trinajstić information content (AvgIpc) is 2.70. The molecule has 1 aromatic carbocycles. The lowest BCUT2D eigenvalue weighted by atomic mass is 10.2. The number of furan rings is 1. The number of halogens is 5. The van der Waals surface area contributed by atoms with Crippen molar-refractivity contribution in [1.29, 1.82) is 0 Å². The lowest BCUT2D eigenvalue weighted by Gasteiger charge is -2.40. The molecule has 0 fully saturated rings. The van der Waals surface area contributed by atoms with Gasteiger partial charge in [-0.2, -0.15) is 0 Å². The van der Waals surface area contributed by atoms with Gasteiger partial charge >= 0.3 is 10.2 Å². The van der Waals surface area contributed by atoms with Gasteiger partial charge in [-0.3, -0.25) is 0 Å². The summed E-state index contributed by atoms with van der Waals surface area (Å²) in [5, 5.41) is 2.80. The van der Waals surface area contributed by atoms with E-state index in [1.807, 2.05) is 6.92 Å². The zero-order valence-electron chi connectivity index (χ0n) is 10.4. The third-order valence-electron chi connectivity index (χ3n) is 2.72. The molecule has 0 radical (unpaired) electrons. The highest BCUT2D eigenvalue weighted by Crippen LogP contribution is 3.02. The first-order chi connectivity index (χ1) is 8.95. The molecule has 1 aromatic heterocycles. The number of hydrogen-bond acceptors (Lipinski definition) is 2. The van der Waals surface area contributed by atoms with Crippen LogP contribution in [0.3, 0.4) is 0 Å². The van der Waals surface area contributed by atoms with Crippen LogP contribution in [0.5, 0.6) is 0 Å². The second-order valence-corrected chi connectivity index (χ2v) is 6.78.